The summed E-state index contributed by atoms with van der Waals surface area (Å²) in [5.74, 6) is -0.162. The second-order valence-corrected chi connectivity index (χ2v) is 6.66. The molecule has 1 aliphatic rings. The molecule has 0 saturated carbocycles. The van der Waals surface area contributed by atoms with E-state index in [9.17, 15) is 19.7 Å². The Bertz CT molecular complexity index is 1200. The average Bonchev–Trinajstić information content (AvgIpc) is 3.04. The van der Waals surface area contributed by atoms with Gasteiger partial charge in [0.1, 0.15) is 11.5 Å². The lowest BCUT2D eigenvalue weighted by molar-refractivity contribution is -0.384. The minimum absolute atomic E-state index is 0.0418. The molecule has 7 nitrogen and oxygen atoms in total. The number of fused-ring (bicyclic) bond motifs is 1. The van der Waals surface area contributed by atoms with E-state index in [0.717, 1.165) is 0 Å². The highest BCUT2D eigenvalue weighted by Gasteiger charge is 2.30. The van der Waals surface area contributed by atoms with Crippen molar-refractivity contribution in [3.8, 4) is 11.5 Å². The molecule has 0 radical (unpaired) electrons. The Hall–Kier alpha value is -4.26. The summed E-state index contributed by atoms with van der Waals surface area (Å²) >= 11 is 0. The maximum Gasteiger partial charge on any atom is 0.343 e. The first-order valence-electron chi connectivity index (χ1n) is 9.03. The number of nitro groups is 1. The van der Waals surface area contributed by atoms with Gasteiger partial charge in [-0.05, 0) is 54.5 Å². The van der Waals surface area contributed by atoms with Crippen LogP contribution in [0.5, 0.6) is 11.5 Å². The molecule has 0 aliphatic carbocycles. The monoisotopic (exact) mass is 401 g/mol. The van der Waals surface area contributed by atoms with Gasteiger partial charge in [-0.2, -0.15) is 0 Å². The van der Waals surface area contributed by atoms with Crippen molar-refractivity contribution in [3.63, 3.8) is 0 Å². The standard InChI is InChI=1S/C23H15NO6/c1-14-11-18(29-23(26)16-5-3-2-4-6-16)13-19-21(14)22(25)20(30-19)12-15-7-9-17(10-8-15)24(27)28/h2-13H,1H3/b20-12-. The number of benzene rings is 3. The van der Waals surface area contributed by atoms with Gasteiger partial charge in [0, 0.05) is 18.2 Å². The van der Waals surface area contributed by atoms with Crippen molar-refractivity contribution in [2.24, 2.45) is 0 Å². The van der Waals surface area contributed by atoms with Crippen molar-refractivity contribution in [1.82, 2.24) is 0 Å². The number of hydrogen-bond donors (Lipinski definition) is 0. The first-order valence-corrected chi connectivity index (χ1v) is 9.03. The molecule has 0 atom stereocenters. The Kier molecular flexibility index (Phi) is 4.85. The molecule has 3 aromatic carbocycles. The minimum Gasteiger partial charge on any atom is -0.452 e. The molecule has 3 aromatic rings. The second kappa shape index (κ2) is 7.63. The Morgan fingerprint density at radius 1 is 1.07 bits per heavy atom. The number of ether oxygens (including phenoxy) is 2. The van der Waals surface area contributed by atoms with Crippen molar-refractivity contribution >= 4 is 23.5 Å². The van der Waals surface area contributed by atoms with Gasteiger partial charge >= 0.3 is 5.97 Å². The molecule has 1 aliphatic heterocycles. The van der Waals surface area contributed by atoms with Gasteiger partial charge in [0.05, 0.1) is 16.1 Å². The van der Waals surface area contributed by atoms with Crippen LogP contribution in [0, 0.1) is 17.0 Å². The Morgan fingerprint density at radius 3 is 2.43 bits per heavy atom. The Balaban J connectivity index is 1.59. The fraction of sp³-hybridized carbons (Fsp3) is 0.0435. The number of non-ortho nitro benzene ring substituents is 1. The number of carbonyl (C=O) groups excluding carboxylic acids is 2. The average molecular weight is 401 g/mol. The Labute approximate surface area is 171 Å². The maximum absolute atomic E-state index is 12.7. The lowest BCUT2D eigenvalue weighted by Crippen LogP contribution is -2.08. The fourth-order valence-electron chi connectivity index (χ4n) is 3.12. The van der Waals surface area contributed by atoms with Crippen molar-refractivity contribution in [3.05, 3.63) is 105 Å². The molecule has 0 aromatic heterocycles. The number of esters is 1. The van der Waals surface area contributed by atoms with E-state index in [2.05, 4.69) is 0 Å². The highest BCUT2D eigenvalue weighted by molar-refractivity contribution is 6.15. The van der Waals surface area contributed by atoms with Gasteiger partial charge in [0.25, 0.3) is 5.69 Å². The molecule has 0 fully saturated rings. The number of nitro benzene ring substituents is 1. The summed E-state index contributed by atoms with van der Waals surface area (Å²) in [6, 6.07) is 17.4. The predicted octanol–water partition coefficient (Wildman–Crippen LogP) is 4.74. The number of carbonyl (C=O) groups is 2. The molecule has 30 heavy (non-hydrogen) atoms. The second-order valence-electron chi connectivity index (χ2n) is 6.66. The number of Topliss-reactive ketones (excluding diaryl/α,β-unsaturated/α-hetero) is 1. The van der Waals surface area contributed by atoms with Crippen LogP contribution >= 0.6 is 0 Å². The molecule has 0 bridgehead atoms. The van der Waals surface area contributed by atoms with E-state index in [-0.39, 0.29) is 23.0 Å². The maximum atomic E-state index is 12.7. The summed E-state index contributed by atoms with van der Waals surface area (Å²) in [4.78, 5) is 35.3. The van der Waals surface area contributed by atoms with Crippen LogP contribution in [-0.2, 0) is 0 Å². The summed E-state index contributed by atoms with van der Waals surface area (Å²) in [6.45, 7) is 1.73. The van der Waals surface area contributed by atoms with Crippen LogP contribution in [0.1, 0.15) is 31.8 Å². The van der Waals surface area contributed by atoms with Crippen LogP contribution < -0.4 is 9.47 Å². The summed E-state index contributed by atoms with van der Waals surface area (Å²) in [7, 11) is 0. The number of nitrogens with zero attached hydrogens (tertiary/aromatic N) is 1. The third-order valence-electron chi connectivity index (χ3n) is 4.57. The molecule has 0 amide bonds. The normalized spacial score (nSPS) is 13.6. The van der Waals surface area contributed by atoms with E-state index in [4.69, 9.17) is 9.47 Å². The van der Waals surface area contributed by atoms with Crippen molar-refractivity contribution in [1.29, 1.82) is 0 Å². The van der Waals surface area contributed by atoms with Gasteiger partial charge < -0.3 is 9.47 Å². The van der Waals surface area contributed by atoms with Crippen LogP contribution in [0.15, 0.2) is 72.5 Å². The predicted molar refractivity (Wildman–Crippen MR) is 109 cm³/mol. The highest BCUT2D eigenvalue weighted by atomic mass is 16.6. The first kappa shape index (κ1) is 19.1. The Morgan fingerprint density at radius 2 is 1.77 bits per heavy atom. The molecular formula is C23H15NO6. The summed E-state index contributed by atoms with van der Waals surface area (Å²) in [6.07, 6.45) is 1.52. The SMILES string of the molecule is Cc1cc(OC(=O)c2ccccc2)cc2c1C(=O)/C(=C/c1ccc([N+](=O)[O-])cc1)O2. The summed E-state index contributed by atoms with van der Waals surface area (Å²) < 4.78 is 11.1. The van der Waals surface area contributed by atoms with E-state index in [1.54, 1.807) is 43.3 Å². The fourth-order valence-corrected chi connectivity index (χ4v) is 3.12. The van der Waals surface area contributed by atoms with Crippen LogP contribution in [0.25, 0.3) is 6.08 Å². The van der Waals surface area contributed by atoms with Gasteiger partial charge in [-0.3, -0.25) is 14.9 Å². The van der Waals surface area contributed by atoms with E-state index >= 15 is 0 Å². The third kappa shape index (κ3) is 3.68. The van der Waals surface area contributed by atoms with Gasteiger partial charge in [0.2, 0.25) is 5.78 Å². The van der Waals surface area contributed by atoms with Gasteiger partial charge in [-0.1, -0.05) is 18.2 Å². The van der Waals surface area contributed by atoms with E-state index < -0.39 is 10.9 Å². The zero-order valence-electron chi connectivity index (χ0n) is 15.8. The number of ketones is 1. The molecule has 7 heteroatoms. The molecule has 148 valence electrons. The zero-order valence-corrected chi connectivity index (χ0v) is 15.8. The molecule has 0 N–H and O–H groups in total. The van der Waals surface area contributed by atoms with Crippen molar-refractivity contribution in [2.45, 2.75) is 6.92 Å². The minimum atomic E-state index is -0.513. The van der Waals surface area contributed by atoms with Crippen LogP contribution in [0.4, 0.5) is 5.69 Å². The lowest BCUT2D eigenvalue weighted by atomic mass is 10.0. The number of hydrogen-bond acceptors (Lipinski definition) is 6. The first-order chi connectivity index (χ1) is 14.4. The van der Waals surface area contributed by atoms with Gasteiger partial charge in [-0.25, -0.2) is 4.79 Å². The number of aryl methyl sites for hydroxylation is 1. The smallest absolute Gasteiger partial charge is 0.343 e. The van der Waals surface area contributed by atoms with Gasteiger partial charge in [-0.15, -0.1) is 0 Å². The largest absolute Gasteiger partial charge is 0.452 e. The van der Waals surface area contributed by atoms with Crippen molar-refractivity contribution in [2.75, 3.05) is 0 Å². The van der Waals surface area contributed by atoms with E-state index in [1.165, 1.54) is 36.4 Å². The molecule has 1 heterocycles. The molecule has 4 rings (SSSR count). The molecule has 0 unspecified atom stereocenters. The third-order valence-corrected chi connectivity index (χ3v) is 4.57. The van der Waals surface area contributed by atoms with Gasteiger partial charge in [0.15, 0.2) is 5.76 Å². The highest BCUT2D eigenvalue weighted by Crippen LogP contribution is 2.37. The van der Waals surface area contributed by atoms with Crippen LogP contribution in [0.2, 0.25) is 0 Å². The quantitative estimate of drug-likeness (QED) is 0.206. The lowest BCUT2D eigenvalue weighted by Gasteiger charge is -2.07. The topological polar surface area (TPSA) is 95.7 Å². The van der Waals surface area contributed by atoms with Crippen LogP contribution in [0.3, 0.4) is 0 Å². The molecule has 0 spiro atoms. The zero-order chi connectivity index (χ0) is 21.3. The summed E-state index contributed by atoms with van der Waals surface area (Å²) in [5.41, 5.74) is 1.96. The number of allylic oxidation sites excluding steroid dienone is 1. The molecular weight excluding hydrogens is 386 g/mol. The van der Waals surface area contributed by atoms with E-state index in [0.29, 0.717) is 28.0 Å². The molecule has 0 saturated heterocycles. The van der Waals surface area contributed by atoms with Crippen molar-refractivity contribution < 1.29 is 24.0 Å². The van der Waals surface area contributed by atoms with E-state index in [1.807, 2.05) is 0 Å². The number of rotatable bonds is 4. The summed E-state index contributed by atoms with van der Waals surface area (Å²) in [5, 5.41) is 10.8. The van der Waals surface area contributed by atoms with Crippen LogP contribution in [-0.4, -0.2) is 16.7 Å².